The van der Waals surface area contributed by atoms with Crippen molar-refractivity contribution in [3.63, 3.8) is 0 Å². The van der Waals surface area contributed by atoms with Crippen LogP contribution in [0.15, 0.2) is 12.1 Å². The number of alkyl halides is 3. The highest BCUT2D eigenvalue weighted by Crippen LogP contribution is 2.34. The van der Waals surface area contributed by atoms with Gasteiger partial charge in [0.05, 0.1) is 6.04 Å². The van der Waals surface area contributed by atoms with E-state index in [9.17, 15) is 22.8 Å². The van der Waals surface area contributed by atoms with Gasteiger partial charge in [0.2, 0.25) is 0 Å². The normalized spacial score (nSPS) is 18.6. The van der Waals surface area contributed by atoms with Crippen molar-refractivity contribution in [3.8, 4) is 5.75 Å². The molecular weight excluding hydrogens is 295 g/mol. The number of rotatable bonds is 2. The quantitative estimate of drug-likeness (QED) is 0.900. The van der Waals surface area contributed by atoms with Crippen LogP contribution in [0.25, 0.3) is 0 Å². The highest BCUT2D eigenvalue weighted by molar-refractivity contribution is 5.89. The molecule has 1 aromatic heterocycles. The number of ether oxygens (including phenoxy) is 2. The topological polar surface area (TPSA) is 94.7 Å². The lowest BCUT2D eigenvalue weighted by Gasteiger charge is -2.19. The Morgan fingerprint density at radius 1 is 1.52 bits per heavy atom. The van der Waals surface area contributed by atoms with E-state index in [0.29, 0.717) is 6.07 Å². The number of nitrogens with zero attached hydrogens (tertiary/aromatic N) is 2. The van der Waals surface area contributed by atoms with Crippen LogP contribution in [0.3, 0.4) is 0 Å². The zero-order valence-corrected chi connectivity index (χ0v) is 10.7. The first-order chi connectivity index (χ1) is 9.68. The molecule has 2 rings (SSSR count). The molecule has 1 fully saturated rings. The van der Waals surface area contributed by atoms with Crippen LogP contribution in [-0.4, -0.2) is 29.8 Å². The predicted molar refractivity (Wildman–Crippen MR) is 62.7 cm³/mol. The van der Waals surface area contributed by atoms with Crippen molar-refractivity contribution in [1.82, 2.24) is 4.98 Å². The van der Waals surface area contributed by atoms with Gasteiger partial charge in [-0.25, -0.2) is 14.6 Å². The number of carbonyl (C=O) groups excluding carboxylic acids is 2. The van der Waals surface area contributed by atoms with Crippen molar-refractivity contribution in [3.05, 3.63) is 17.8 Å². The van der Waals surface area contributed by atoms with Crippen molar-refractivity contribution in [2.75, 3.05) is 11.5 Å². The van der Waals surface area contributed by atoms with Gasteiger partial charge in [-0.3, -0.25) is 4.90 Å². The monoisotopic (exact) mass is 305 g/mol. The van der Waals surface area contributed by atoms with Crippen molar-refractivity contribution in [1.29, 1.82) is 0 Å². The Kier molecular flexibility index (Phi) is 3.62. The van der Waals surface area contributed by atoms with E-state index in [0.717, 1.165) is 11.0 Å². The van der Waals surface area contributed by atoms with Gasteiger partial charge in [-0.15, -0.1) is 0 Å². The van der Waals surface area contributed by atoms with E-state index in [-0.39, 0.29) is 12.4 Å². The first-order valence-corrected chi connectivity index (χ1v) is 5.71. The summed E-state index contributed by atoms with van der Waals surface area (Å²) in [5.74, 6) is -0.803. The fourth-order valence-electron chi connectivity index (χ4n) is 1.77. The third-order valence-electron chi connectivity index (χ3n) is 2.63. The zero-order chi connectivity index (χ0) is 15.8. The molecule has 114 valence electrons. The molecular formula is C11H10F3N3O4. The molecule has 1 aliphatic rings. The first-order valence-electron chi connectivity index (χ1n) is 5.71. The van der Waals surface area contributed by atoms with Gasteiger partial charge in [-0.1, -0.05) is 0 Å². The third kappa shape index (κ3) is 3.15. The molecule has 1 unspecified atom stereocenters. The molecule has 1 aromatic rings. The van der Waals surface area contributed by atoms with E-state index in [1.165, 1.54) is 0 Å². The second-order valence-electron chi connectivity index (χ2n) is 4.26. The minimum absolute atomic E-state index is 0.0166. The molecule has 1 aliphatic heterocycles. The fraction of sp³-hybridized carbons (Fsp3) is 0.364. The number of cyclic esters (lactones) is 1. The van der Waals surface area contributed by atoms with Crippen LogP contribution in [0.1, 0.15) is 12.6 Å². The molecule has 21 heavy (non-hydrogen) atoms. The number of amides is 2. The van der Waals surface area contributed by atoms with Crippen LogP contribution in [0.5, 0.6) is 5.75 Å². The molecule has 0 saturated carbocycles. The standard InChI is InChI=1S/C11H10F3N3O4/c1-5-4-20-10(19)17(5)8-3-6(21-9(15)18)2-7(16-8)11(12,13)14/h2-3,5H,4H2,1H3,(H2,15,18). The molecule has 0 aromatic carbocycles. The van der Waals surface area contributed by atoms with Gasteiger partial charge in [0.1, 0.15) is 18.2 Å². The number of aromatic nitrogens is 1. The number of carbonyl (C=O) groups is 2. The molecule has 0 radical (unpaired) electrons. The summed E-state index contributed by atoms with van der Waals surface area (Å²) in [6.07, 6.45) is -6.89. The lowest BCUT2D eigenvalue weighted by Crippen LogP contribution is -2.32. The maximum absolute atomic E-state index is 12.8. The summed E-state index contributed by atoms with van der Waals surface area (Å²) < 4.78 is 47.5. The molecule has 0 aliphatic carbocycles. The molecule has 0 bridgehead atoms. The molecule has 2 amide bonds. The Morgan fingerprint density at radius 2 is 2.19 bits per heavy atom. The van der Waals surface area contributed by atoms with E-state index in [2.05, 4.69) is 9.72 Å². The van der Waals surface area contributed by atoms with Crippen molar-refractivity contribution in [2.24, 2.45) is 5.73 Å². The summed E-state index contributed by atoms with van der Waals surface area (Å²) in [5, 5.41) is 0. The Labute approximate surface area is 116 Å². The second-order valence-corrected chi connectivity index (χ2v) is 4.26. The number of primary amides is 1. The Bertz CT molecular complexity index is 591. The first kappa shape index (κ1) is 14.9. The van der Waals surface area contributed by atoms with Crippen molar-refractivity contribution >= 4 is 18.0 Å². The number of pyridine rings is 1. The lowest BCUT2D eigenvalue weighted by atomic mass is 10.2. The number of anilines is 1. The van der Waals surface area contributed by atoms with Gasteiger partial charge < -0.3 is 15.2 Å². The van der Waals surface area contributed by atoms with E-state index in [1.54, 1.807) is 6.92 Å². The molecule has 1 saturated heterocycles. The molecule has 10 heteroatoms. The summed E-state index contributed by atoms with van der Waals surface area (Å²) in [7, 11) is 0. The van der Waals surface area contributed by atoms with E-state index in [4.69, 9.17) is 10.5 Å². The summed E-state index contributed by atoms with van der Waals surface area (Å²) >= 11 is 0. The van der Waals surface area contributed by atoms with Gasteiger partial charge in [0.15, 0.2) is 5.69 Å². The Balaban J connectivity index is 2.49. The van der Waals surface area contributed by atoms with E-state index < -0.39 is 35.8 Å². The van der Waals surface area contributed by atoms with E-state index >= 15 is 0 Å². The minimum Gasteiger partial charge on any atom is -0.447 e. The predicted octanol–water partition coefficient (Wildman–Crippen LogP) is 1.90. The lowest BCUT2D eigenvalue weighted by molar-refractivity contribution is -0.141. The smallest absolute Gasteiger partial charge is 0.433 e. The maximum Gasteiger partial charge on any atom is 0.433 e. The largest absolute Gasteiger partial charge is 0.447 e. The highest BCUT2D eigenvalue weighted by Gasteiger charge is 2.37. The maximum atomic E-state index is 12.8. The summed E-state index contributed by atoms with van der Waals surface area (Å²) in [4.78, 5) is 26.5. The average molecular weight is 305 g/mol. The summed E-state index contributed by atoms with van der Waals surface area (Å²) in [5.41, 5.74) is 3.46. The molecule has 1 atom stereocenters. The van der Waals surface area contributed by atoms with Crippen LogP contribution in [0, 0.1) is 0 Å². The number of halogens is 3. The summed E-state index contributed by atoms with van der Waals surface area (Å²) in [6.45, 7) is 1.59. The van der Waals surface area contributed by atoms with Crippen LogP contribution in [0.4, 0.5) is 28.6 Å². The SMILES string of the molecule is CC1COC(=O)N1c1cc(OC(N)=O)cc(C(F)(F)F)n1. The Morgan fingerprint density at radius 3 is 2.67 bits per heavy atom. The van der Waals surface area contributed by atoms with Crippen LogP contribution < -0.4 is 15.4 Å². The van der Waals surface area contributed by atoms with Gasteiger partial charge >= 0.3 is 18.4 Å². The van der Waals surface area contributed by atoms with Gasteiger partial charge in [0.25, 0.3) is 0 Å². The highest BCUT2D eigenvalue weighted by atomic mass is 19.4. The third-order valence-corrected chi connectivity index (χ3v) is 2.63. The van der Waals surface area contributed by atoms with Crippen LogP contribution in [0.2, 0.25) is 0 Å². The van der Waals surface area contributed by atoms with Crippen LogP contribution in [-0.2, 0) is 10.9 Å². The van der Waals surface area contributed by atoms with Gasteiger partial charge in [-0.05, 0) is 6.92 Å². The number of nitrogens with two attached hydrogens (primary N) is 1. The van der Waals surface area contributed by atoms with Gasteiger partial charge in [0, 0.05) is 12.1 Å². The summed E-state index contributed by atoms with van der Waals surface area (Å²) in [6, 6.07) is 1.01. The molecule has 0 spiro atoms. The molecule has 2 heterocycles. The van der Waals surface area contributed by atoms with Crippen LogP contribution >= 0.6 is 0 Å². The second kappa shape index (κ2) is 5.11. The van der Waals surface area contributed by atoms with Crippen molar-refractivity contribution < 1.29 is 32.2 Å². The Hall–Kier alpha value is -2.52. The zero-order valence-electron chi connectivity index (χ0n) is 10.7. The van der Waals surface area contributed by atoms with E-state index in [1.807, 2.05) is 0 Å². The molecule has 2 N–H and O–H groups in total. The number of hydrogen-bond acceptors (Lipinski definition) is 5. The number of hydrogen-bond donors (Lipinski definition) is 1. The fourth-order valence-corrected chi connectivity index (χ4v) is 1.77. The average Bonchev–Trinajstić information content (AvgIpc) is 2.66. The van der Waals surface area contributed by atoms with Crippen molar-refractivity contribution in [2.45, 2.75) is 19.1 Å². The minimum atomic E-state index is -4.78. The van der Waals surface area contributed by atoms with Gasteiger partial charge in [-0.2, -0.15) is 13.2 Å². The molecule has 7 nitrogen and oxygen atoms in total.